The Kier molecular flexibility index (Phi) is 7.29. The van der Waals surface area contributed by atoms with Crippen LogP contribution < -0.4 is 9.64 Å². The lowest BCUT2D eigenvalue weighted by Gasteiger charge is -2.18. The van der Waals surface area contributed by atoms with Crippen molar-refractivity contribution < 1.29 is 33.0 Å². The van der Waals surface area contributed by atoms with Gasteiger partial charge in [0.15, 0.2) is 17.0 Å². The number of carbonyl (C=O) groups excluding carboxylic acids is 2. The third kappa shape index (κ3) is 5.86. The lowest BCUT2D eigenvalue weighted by atomic mass is 10.1. The van der Waals surface area contributed by atoms with Gasteiger partial charge in [0.1, 0.15) is 17.4 Å². The average molecular weight is 472 g/mol. The molecule has 0 spiro atoms. The first-order valence-electron chi connectivity index (χ1n) is 9.59. The molecule has 0 radical (unpaired) electrons. The summed E-state index contributed by atoms with van der Waals surface area (Å²) in [6.45, 7) is 2.62. The summed E-state index contributed by atoms with van der Waals surface area (Å²) >= 11 is 1.06. The number of carboxylic acids is 1. The predicted octanol–water partition coefficient (Wildman–Crippen LogP) is 4.85. The van der Waals surface area contributed by atoms with Crippen LogP contribution in [0.3, 0.4) is 0 Å². The molecule has 0 fully saturated rings. The molecule has 170 valence electrons. The van der Waals surface area contributed by atoms with E-state index in [1.807, 2.05) is 0 Å². The number of carboxylic acid groups (broad SMARTS) is 1. The molecule has 1 unspecified atom stereocenters. The van der Waals surface area contributed by atoms with Crippen molar-refractivity contribution in [3.8, 4) is 5.75 Å². The van der Waals surface area contributed by atoms with Gasteiger partial charge in [0.2, 0.25) is 5.91 Å². The number of ether oxygens (including phenoxy) is 1. The third-order valence-corrected chi connectivity index (χ3v) is 5.22. The molecule has 1 atom stereocenters. The van der Waals surface area contributed by atoms with Gasteiger partial charge in [-0.3, -0.25) is 14.5 Å². The Balaban J connectivity index is 1.73. The van der Waals surface area contributed by atoms with Crippen LogP contribution in [0.15, 0.2) is 53.9 Å². The van der Waals surface area contributed by atoms with E-state index in [0.717, 1.165) is 28.4 Å². The Labute approximate surface area is 191 Å². The Morgan fingerprint density at radius 2 is 1.85 bits per heavy atom. The number of carbonyl (C=O) groups is 3. The van der Waals surface area contributed by atoms with Crippen molar-refractivity contribution in [1.29, 1.82) is 0 Å². The van der Waals surface area contributed by atoms with Gasteiger partial charge in [0.25, 0.3) is 0 Å². The monoisotopic (exact) mass is 472 g/mol. The third-order valence-electron chi connectivity index (χ3n) is 4.37. The lowest BCUT2D eigenvalue weighted by Crippen LogP contribution is -2.23. The van der Waals surface area contributed by atoms with Gasteiger partial charge in [0.05, 0.1) is 11.4 Å². The molecule has 0 bridgehead atoms. The number of thiazole rings is 1. The molecule has 2 aromatic carbocycles. The van der Waals surface area contributed by atoms with E-state index in [-0.39, 0.29) is 16.6 Å². The molecule has 3 rings (SSSR count). The van der Waals surface area contributed by atoms with Gasteiger partial charge in [-0.25, -0.2) is 18.6 Å². The largest absolute Gasteiger partial charge is 0.479 e. The molecule has 7 nitrogen and oxygen atoms in total. The zero-order valence-corrected chi connectivity index (χ0v) is 18.3. The Morgan fingerprint density at radius 3 is 2.45 bits per heavy atom. The Bertz CT molecular complexity index is 1220. The minimum atomic E-state index is -1.11. The van der Waals surface area contributed by atoms with Crippen molar-refractivity contribution >= 4 is 45.9 Å². The summed E-state index contributed by atoms with van der Waals surface area (Å²) in [5, 5.41) is 10.6. The summed E-state index contributed by atoms with van der Waals surface area (Å²) in [5.74, 6) is -3.32. The van der Waals surface area contributed by atoms with Crippen LogP contribution in [0.1, 0.15) is 29.9 Å². The number of hydrogen-bond donors (Lipinski definition) is 1. The fourth-order valence-corrected chi connectivity index (χ4v) is 3.58. The van der Waals surface area contributed by atoms with E-state index < -0.39 is 29.6 Å². The number of amides is 1. The Hall–Kier alpha value is -3.92. The molecule has 0 aliphatic carbocycles. The number of ketones is 1. The summed E-state index contributed by atoms with van der Waals surface area (Å²) in [7, 11) is 0. The van der Waals surface area contributed by atoms with E-state index in [0.29, 0.717) is 23.1 Å². The van der Waals surface area contributed by atoms with Crippen LogP contribution in [-0.4, -0.2) is 33.9 Å². The SMILES string of the molecule is CC(=O)N(c1nc(/C=C/C(=O)c2ccc(OC(C)C(=O)O)cc2)cs1)c1ccc(F)cc1F. The van der Waals surface area contributed by atoms with Crippen LogP contribution in [0.4, 0.5) is 19.6 Å². The standard InChI is InChI=1S/C23H18F2N2O5S/c1-13(22(30)31)32-18-7-3-15(4-8-18)21(29)10-6-17-12-33-23(26-17)27(14(2)28)20-9-5-16(24)11-19(20)25/h3-13H,1-2H3,(H,30,31)/b10-6+. The van der Waals surface area contributed by atoms with Crippen molar-refractivity contribution in [2.45, 2.75) is 20.0 Å². The minimum absolute atomic E-state index is 0.135. The molecule has 0 aliphatic heterocycles. The molecule has 1 amide bonds. The van der Waals surface area contributed by atoms with E-state index in [9.17, 15) is 23.2 Å². The maximum Gasteiger partial charge on any atom is 0.344 e. The van der Waals surface area contributed by atoms with Gasteiger partial charge in [-0.1, -0.05) is 0 Å². The number of aliphatic carboxylic acids is 1. The van der Waals surface area contributed by atoms with Gasteiger partial charge < -0.3 is 9.84 Å². The number of halogens is 2. The van der Waals surface area contributed by atoms with Crippen molar-refractivity contribution in [2.24, 2.45) is 0 Å². The number of allylic oxidation sites excluding steroid dienone is 1. The summed E-state index contributed by atoms with van der Waals surface area (Å²) in [5.41, 5.74) is 0.576. The summed E-state index contributed by atoms with van der Waals surface area (Å²) in [4.78, 5) is 40.6. The number of nitrogens with zero attached hydrogens (tertiary/aromatic N) is 2. The molecule has 10 heteroatoms. The van der Waals surface area contributed by atoms with Crippen molar-refractivity contribution in [3.63, 3.8) is 0 Å². The molecular weight excluding hydrogens is 454 g/mol. The van der Waals surface area contributed by atoms with Crippen LogP contribution in [0, 0.1) is 11.6 Å². The van der Waals surface area contributed by atoms with E-state index in [4.69, 9.17) is 9.84 Å². The van der Waals surface area contributed by atoms with Gasteiger partial charge in [-0.15, -0.1) is 11.3 Å². The van der Waals surface area contributed by atoms with E-state index >= 15 is 0 Å². The fraction of sp³-hybridized carbons (Fsp3) is 0.130. The second-order valence-corrected chi connectivity index (χ2v) is 7.66. The summed E-state index contributed by atoms with van der Waals surface area (Å²) in [6, 6.07) is 8.84. The Morgan fingerprint density at radius 1 is 1.15 bits per heavy atom. The molecule has 0 saturated heterocycles. The molecule has 1 N–H and O–H groups in total. The van der Waals surface area contributed by atoms with E-state index in [1.165, 1.54) is 50.3 Å². The fourth-order valence-electron chi connectivity index (χ4n) is 2.74. The normalized spacial score (nSPS) is 11.9. The first-order chi connectivity index (χ1) is 15.7. The van der Waals surface area contributed by atoms with Crippen LogP contribution in [-0.2, 0) is 9.59 Å². The van der Waals surface area contributed by atoms with Crippen molar-refractivity contribution in [3.05, 3.63) is 76.8 Å². The number of aromatic nitrogens is 1. The second-order valence-electron chi connectivity index (χ2n) is 6.83. The first-order valence-corrected chi connectivity index (χ1v) is 10.5. The summed E-state index contributed by atoms with van der Waals surface area (Å²) < 4.78 is 32.6. The maximum absolute atomic E-state index is 14.2. The van der Waals surface area contributed by atoms with Crippen LogP contribution in [0.25, 0.3) is 6.08 Å². The van der Waals surface area contributed by atoms with Gasteiger partial charge >= 0.3 is 5.97 Å². The predicted molar refractivity (Wildman–Crippen MR) is 119 cm³/mol. The van der Waals surface area contributed by atoms with E-state index in [1.54, 1.807) is 5.38 Å². The summed E-state index contributed by atoms with van der Waals surface area (Å²) in [6.07, 6.45) is 1.70. The van der Waals surface area contributed by atoms with Crippen LogP contribution >= 0.6 is 11.3 Å². The highest BCUT2D eigenvalue weighted by Crippen LogP contribution is 2.31. The number of hydrogen-bond acceptors (Lipinski definition) is 6. The van der Waals surface area contributed by atoms with Crippen molar-refractivity contribution in [2.75, 3.05) is 4.90 Å². The second kappa shape index (κ2) is 10.1. The molecule has 1 heterocycles. The van der Waals surface area contributed by atoms with Gasteiger partial charge in [0, 0.05) is 23.9 Å². The van der Waals surface area contributed by atoms with Crippen molar-refractivity contribution in [1.82, 2.24) is 4.98 Å². The lowest BCUT2D eigenvalue weighted by molar-refractivity contribution is -0.144. The molecule has 0 aliphatic rings. The maximum atomic E-state index is 14.2. The average Bonchev–Trinajstić information content (AvgIpc) is 3.22. The molecule has 1 aromatic heterocycles. The number of anilines is 2. The van der Waals surface area contributed by atoms with Crippen LogP contribution in [0.5, 0.6) is 5.75 Å². The molecule has 0 saturated carbocycles. The molecule has 33 heavy (non-hydrogen) atoms. The van der Waals surface area contributed by atoms with Gasteiger partial charge in [-0.05, 0) is 55.5 Å². The zero-order valence-electron chi connectivity index (χ0n) is 17.5. The smallest absolute Gasteiger partial charge is 0.344 e. The van der Waals surface area contributed by atoms with Gasteiger partial charge in [-0.2, -0.15) is 0 Å². The molecule has 3 aromatic rings. The number of benzene rings is 2. The quantitative estimate of drug-likeness (QED) is 0.372. The first kappa shape index (κ1) is 23.7. The van der Waals surface area contributed by atoms with E-state index in [2.05, 4.69) is 4.98 Å². The highest BCUT2D eigenvalue weighted by atomic mass is 32.1. The minimum Gasteiger partial charge on any atom is -0.479 e. The highest BCUT2D eigenvalue weighted by Gasteiger charge is 2.21. The highest BCUT2D eigenvalue weighted by molar-refractivity contribution is 7.14. The van der Waals surface area contributed by atoms with Crippen LogP contribution in [0.2, 0.25) is 0 Å². The number of rotatable bonds is 8. The molecular formula is C23H18F2N2O5S. The zero-order chi connectivity index (χ0) is 24.1. The topological polar surface area (TPSA) is 96.8 Å².